The lowest BCUT2D eigenvalue weighted by Gasteiger charge is -2.38. The summed E-state index contributed by atoms with van der Waals surface area (Å²) in [5, 5.41) is 0. The molecule has 0 bridgehead atoms. The molecule has 26 heavy (non-hydrogen) atoms. The molecular weight excluding hydrogens is 324 g/mol. The van der Waals surface area contributed by atoms with E-state index in [1.54, 1.807) is 0 Å². The number of hydrogen-bond acceptors (Lipinski definition) is 2. The van der Waals surface area contributed by atoms with Crippen molar-refractivity contribution in [2.75, 3.05) is 19.6 Å². The zero-order chi connectivity index (χ0) is 17.9. The van der Waals surface area contributed by atoms with E-state index in [0.717, 1.165) is 57.5 Å². The molecule has 2 heterocycles. The minimum Gasteiger partial charge on any atom is -0.342 e. The fourth-order valence-corrected chi connectivity index (χ4v) is 4.53. The summed E-state index contributed by atoms with van der Waals surface area (Å²) >= 11 is 0. The molecule has 3 aliphatic rings. The van der Waals surface area contributed by atoms with Crippen LogP contribution in [0.2, 0.25) is 0 Å². The number of aryl methyl sites for hydroxylation is 1. The maximum absolute atomic E-state index is 12.9. The molecule has 2 aliphatic heterocycles. The van der Waals surface area contributed by atoms with Crippen LogP contribution in [0, 0.1) is 11.8 Å². The minimum atomic E-state index is 0.0363. The molecule has 1 unspecified atom stereocenters. The summed E-state index contributed by atoms with van der Waals surface area (Å²) in [7, 11) is 0. The molecule has 3 fully saturated rings. The Hall–Kier alpha value is -1.84. The maximum Gasteiger partial charge on any atom is 0.227 e. The molecule has 1 aromatic carbocycles. The zero-order valence-corrected chi connectivity index (χ0v) is 15.6. The molecule has 140 valence electrons. The van der Waals surface area contributed by atoms with Gasteiger partial charge >= 0.3 is 0 Å². The maximum atomic E-state index is 12.9. The second-order valence-electron chi connectivity index (χ2n) is 8.31. The van der Waals surface area contributed by atoms with E-state index in [1.807, 2.05) is 4.90 Å². The number of carbonyl (C=O) groups excluding carboxylic acids is 2. The van der Waals surface area contributed by atoms with Crippen molar-refractivity contribution in [3.05, 3.63) is 35.9 Å². The first kappa shape index (κ1) is 17.6. The average Bonchev–Trinajstić information content (AvgIpc) is 3.53. The Morgan fingerprint density at radius 1 is 1.00 bits per heavy atom. The van der Waals surface area contributed by atoms with Crippen LogP contribution in [0.4, 0.5) is 0 Å². The first-order valence-corrected chi connectivity index (χ1v) is 10.3. The molecule has 1 saturated carbocycles. The van der Waals surface area contributed by atoms with E-state index in [4.69, 9.17) is 0 Å². The molecule has 0 aromatic heterocycles. The highest BCUT2D eigenvalue weighted by Gasteiger charge is 2.40. The van der Waals surface area contributed by atoms with Crippen LogP contribution in [0.25, 0.3) is 0 Å². The highest BCUT2D eigenvalue weighted by molar-refractivity contribution is 5.84. The van der Waals surface area contributed by atoms with Gasteiger partial charge in [-0.15, -0.1) is 0 Å². The summed E-state index contributed by atoms with van der Waals surface area (Å²) in [4.78, 5) is 29.0. The highest BCUT2D eigenvalue weighted by atomic mass is 16.2. The van der Waals surface area contributed by atoms with Crippen molar-refractivity contribution in [1.82, 2.24) is 9.80 Å². The Labute approximate surface area is 156 Å². The van der Waals surface area contributed by atoms with E-state index in [0.29, 0.717) is 24.9 Å². The van der Waals surface area contributed by atoms with E-state index >= 15 is 0 Å². The van der Waals surface area contributed by atoms with Gasteiger partial charge in [-0.25, -0.2) is 0 Å². The fraction of sp³-hybridized carbons (Fsp3) is 0.636. The Morgan fingerprint density at radius 3 is 2.42 bits per heavy atom. The van der Waals surface area contributed by atoms with Crippen molar-refractivity contribution < 1.29 is 9.59 Å². The Bertz CT molecular complexity index is 633. The van der Waals surface area contributed by atoms with Gasteiger partial charge in [-0.3, -0.25) is 9.59 Å². The second kappa shape index (κ2) is 7.81. The van der Waals surface area contributed by atoms with Gasteiger partial charge in [0.15, 0.2) is 0 Å². The predicted molar refractivity (Wildman–Crippen MR) is 102 cm³/mol. The number of carbonyl (C=O) groups is 2. The van der Waals surface area contributed by atoms with Crippen LogP contribution in [-0.2, 0) is 16.0 Å². The zero-order valence-electron chi connectivity index (χ0n) is 15.6. The lowest BCUT2D eigenvalue weighted by Crippen LogP contribution is -2.49. The third-order valence-electron chi connectivity index (χ3n) is 6.39. The lowest BCUT2D eigenvalue weighted by molar-refractivity contribution is -0.144. The van der Waals surface area contributed by atoms with Crippen molar-refractivity contribution in [3.63, 3.8) is 0 Å². The van der Waals surface area contributed by atoms with Crippen LogP contribution < -0.4 is 0 Å². The number of hydrogen-bond donors (Lipinski definition) is 0. The summed E-state index contributed by atoms with van der Waals surface area (Å²) in [6.45, 7) is 2.45. The quantitative estimate of drug-likeness (QED) is 0.814. The van der Waals surface area contributed by atoms with Crippen molar-refractivity contribution in [2.45, 2.75) is 57.4 Å². The van der Waals surface area contributed by atoms with Crippen LogP contribution in [-0.4, -0.2) is 47.3 Å². The van der Waals surface area contributed by atoms with Gasteiger partial charge in [0.1, 0.15) is 0 Å². The molecule has 1 aromatic rings. The van der Waals surface area contributed by atoms with E-state index in [1.165, 1.54) is 12.0 Å². The Balaban J connectivity index is 1.24. The van der Waals surface area contributed by atoms with Crippen molar-refractivity contribution in [1.29, 1.82) is 0 Å². The van der Waals surface area contributed by atoms with Gasteiger partial charge < -0.3 is 9.80 Å². The van der Waals surface area contributed by atoms with Crippen molar-refractivity contribution in [3.8, 4) is 0 Å². The number of amides is 2. The number of nitrogens with zero attached hydrogens (tertiary/aromatic N) is 2. The molecule has 1 atom stereocenters. The molecule has 4 rings (SSSR count). The molecule has 2 amide bonds. The monoisotopic (exact) mass is 354 g/mol. The fourth-order valence-electron chi connectivity index (χ4n) is 4.53. The van der Waals surface area contributed by atoms with E-state index in [-0.39, 0.29) is 11.8 Å². The largest absolute Gasteiger partial charge is 0.342 e. The van der Waals surface area contributed by atoms with Crippen LogP contribution >= 0.6 is 0 Å². The first-order chi connectivity index (χ1) is 12.7. The van der Waals surface area contributed by atoms with Gasteiger partial charge in [-0.2, -0.15) is 0 Å². The molecular formula is C22H30N2O2. The van der Waals surface area contributed by atoms with E-state index in [2.05, 4.69) is 35.2 Å². The van der Waals surface area contributed by atoms with Crippen molar-refractivity contribution in [2.24, 2.45) is 11.8 Å². The van der Waals surface area contributed by atoms with Crippen LogP contribution in [0.5, 0.6) is 0 Å². The summed E-state index contributed by atoms with van der Waals surface area (Å²) in [6.07, 6.45) is 8.15. The minimum absolute atomic E-state index is 0.0363. The topological polar surface area (TPSA) is 40.6 Å². The smallest absolute Gasteiger partial charge is 0.227 e. The highest BCUT2D eigenvalue weighted by Crippen LogP contribution is 2.33. The standard InChI is InChI=1S/C22H30N2O2/c25-21-11-8-19(16-24(21)20-9-10-20)22(26)23-14-12-18(13-15-23)7-6-17-4-2-1-3-5-17/h1-5,18-20H,6-16H2. The van der Waals surface area contributed by atoms with Crippen LogP contribution in [0.3, 0.4) is 0 Å². The lowest BCUT2D eigenvalue weighted by atomic mass is 9.89. The molecule has 0 spiro atoms. The number of piperidine rings is 2. The summed E-state index contributed by atoms with van der Waals surface area (Å²) in [5.74, 6) is 1.32. The van der Waals surface area contributed by atoms with Gasteiger partial charge in [0.05, 0.1) is 5.92 Å². The van der Waals surface area contributed by atoms with Gasteiger partial charge in [-0.1, -0.05) is 30.3 Å². The molecule has 2 saturated heterocycles. The third-order valence-corrected chi connectivity index (χ3v) is 6.39. The normalized spacial score (nSPS) is 24.8. The molecule has 0 radical (unpaired) electrons. The van der Waals surface area contributed by atoms with Gasteiger partial charge in [0.25, 0.3) is 0 Å². The SMILES string of the molecule is O=C(C1CCC(=O)N(C2CC2)C1)N1CCC(CCc2ccccc2)CC1. The molecule has 4 nitrogen and oxygen atoms in total. The number of benzene rings is 1. The van der Waals surface area contributed by atoms with E-state index < -0.39 is 0 Å². The number of likely N-dealkylation sites (tertiary alicyclic amines) is 2. The Kier molecular flexibility index (Phi) is 5.28. The summed E-state index contributed by atoms with van der Waals surface area (Å²) < 4.78 is 0. The average molecular weight is 354 g/mol. The molecule has 1 aliphatic carbocycles. The predicted octanol–water partition coefficient (Wildman–Crippen LogP) is 3.26. The molecule has 0 N–H and O–H groups in total. The molecule has 4 heteroatoms. The van der Waals surface area contributed by atoms with Crippen LogP contribution in [0.15, 0.2) is 30.3 Å². The summed E-state index contributed by atoms with van der Waals surface area (Å²) in [5.41, 5.74) is 1.41. The van der Waals surface area contributed by atoms with E-state index in [9.17, 15) is 9.59 Å². The van der Waals surface area contributed by atoms with Crippen molar-refractivity contribution >= 4 is 11.8 Å². The van der Waals surface area contributed by atoms with Gasteiger partial charge in [0, 0.05) is 32.1 Å². The summed E-state index contributed by atoms with van der Waals surface area (Å²) in [6, 6.07) is 11.1. The Morgan fingerprint density at radius 2 is 1.73 bits per heavy atom. The second-order valence-corrected chi connectivity index (χ2v) is 8.31. The van der Waals surface area contributed by atoms with Gasteiger partial charge in [-0.05, 0) is 56.4 Å². The number of rotatable bonds is 5. The van der Waals surface area contributed by atoms with Gasteiger partial charge in [0.2, 0.25) is 11.8 Å². The third kappa shape index (κ3) is 4.11. The van der Waals surface area contributed by atoms with Crippen LogP contribution in [0.1, 0.15) is 50.5 Å². The first-order valence-electron chi connectivity index (χ1n) is 10.3.